The van der Waals surface area contributed by atoms with Crippen molar-refractivity contribution in [3.8, 4) is 17.0 Å². The third-order valence-electron chi connectivity index (χ3n) is 3.40. The van der Waals surface area contributed by atoms with Gasteiger partial charge < -0.3 is 16.2 Å². The van der Waals surface area contributed by atoms with E-state index in [9.17, 15) is 0 Å². The minimum absolute atomic E-state index is 0.380. The Morgan fingerprint density at radius 1 is 1.11 bits per heavy atom. The van der Waals surface area contributed by atoms with Gasteiger partial charge in [-0.05, 0) is 49.9 Å². The van der Waals surface area contributed by atoms with Crippen molar-refractivity contribution in [3.05, 3.63) is 24.3 Å². The van der Waals surface area contributed by atoms with E-state index in [1.54, 1.807) is 0 Å². The van der Waals surface area contributed by atoms with Crippen molar-refractivity contribution < 1.29 is 4.74 Å². The number of nitrogen functional groups attached to an aromatic ring is 2. The topological polar surface area (TPSA) is 74.2 Å². The van der Waals surface area contributed by atoms with Crippen LogP contribution in [-0.2, 0) is 0 Å². The predicted molar refractivity (Wildman–Crippen MR) is 79.3 cm³/mol. The maximum atomic E-state index is 5.93. The Morgan fingerprint density at radius 3 is 2.37 bits per heavy atom. The van der Waals surface area contributed by atoms with E-state index in [4.69, 9.17) is 16.2 Å². The Bertz CT molecular complexity index is 559. The maximum Gasteiger partial charge on any atom is 0.182 e. The second-order valence-electron chi connectivity index (χ2n) is 4.81. The first-order valence-corrected chi connectivity index (χ1v) is 7.33. The molecule has 5 heteroatoms. The van der Waals surface area contributed by atoms with Gasteiger partial charge in [-0.1, -0.05) is 11.3 Å². The number of hydrogen-bond acceptors (Lipinski definition) is 5. The van der Waals surface area contributed by atoms with Crippen LogP contribution < -0.4 is 16.2 Å². The first-order chi connectivity index (χ1) is 9.22. The Labute approximate surface area is 116 Å². The summed E-state index contributed by atoms with van der Waals surface area (Å²) in [6.45, 7) is 0. The molecule has 1 aliphatic carbocycles. The molecule has 1 aromatic heterocycles. The molecule has 2 aromatic rings. The first-order valence-electron chi connectivity index (χ1n) is 6.51. The molecule has 3 rings (SSSR count). The van der Waals surface area contributed by atoms with Crippen LogP contribution >= 0.6 is 11.3 Å². The highest BCUT2D eigenvalue weighted by Crippen LogP contribution is 2.33. The van der Waals surface area contributed by atoms with Crippen LogP contribution in [0.25, 0.3) is 11.3 Å². The second-order valence-corrected chi connectivity index (χ2v) is 5.88. The molecule has 1 saturated carbocycles. The summed E-state index contributed by atoms with van der Waals surface area (Å²) in [5.41, 5.74) is 13.3. The number of nitrogens with two attached hydrogens (primary N) is 2. The second kappa shape index (κ2) is 5.09. The van der Waals surface area contributed by atoms with E-state index >= 15 is 0 Å². The number of thiazole rings is 1. The Hall–Kier alpha value is -1.75. The van der Waals surface area contributed by atoms with Gasteiger partial charge in [0.1, 0.15) is 16.4 Å². The van der Waals surface area contributed by atoms with E-state index in [0.717, 1.165) is 29.8 Å². The van der Waals surface area contributed by atoms with Crippen LogP contribution in [-0.4, -0.2) is 11.1 Å². The zero-order valence-electron chi connectivity index (χ0n) is 10.6. The minimum atomic E-state index is 0.380. The lowest BCUT2D eigenvalue weighted by Crippen LogP contribution is -2.10. The molecule has 1 aromatic carbocycles. The van der Waals surface area contributed by atoms with Crippen LogP contribution in [0.2, 0.25) is 0 Å². The van der Waals surface area contributed by atoms with Gasteiger partial charge in [0.2, 0.25) is 0 Å². The molecule has 0 aliphatic heterocycles. The molecular formula is C14H17N3OS. The SMILES string of the molecule is Nc1nc(-c2ccc(OC3CCCC3)cc2)c(N)s1. The van der Waals surface area contributed by atoms with E-state index < -0.39 is 0 Å². The highest BCUT2D eigenvalue weighted by molar-refractivity contribution is 7.19. The highest BCUT2D eigenvalue weighted by atomic mass is 32.1. The van der Waals surface area contributed by atoms with Gasteiger partial charge >= 0.3 is 0 Å². The summed E-state index contributed by atoms with van der Waals surface area (Å²) in [6, 6.07) is 7.91. The number of ether oxygens (including phenoxy) is 1. The van der Waals surface area contributed by atoms with Crippen molar-refractivity contribution in [2.45, 2.75) is 31.8 Å². The normalized spacial score (nSPS) is 15.8. The molecule has 100 valence electrons. The summed E-state index contributed by atoms with van der Waals surface area (Å²) in [4.78, 5) is 4.24. The number of anilines is 2. The molecule has 4 N–H and O–H groups in total. The van der Waals surface area contributed by atoms with Gasteiger partial charge in [-0.3, -0.25) is 0 Å². The lowest BCUT2D eigenvalue weighted by molar-refractivity contribution is 0.210. The molecule has 0 radical (unpaired) electrons. The van der Waals surface area contributed by atoms with Crippen molar-refractivity contribution in [1.82, 2.24) is 4.98 Å². The van der Waals surface area contributed by atoms with Gasteiger partial charge in [0, 0.05) is 5.56 Å². The highest BCUT2D eigenvalue weighted by Gasteiger charge is 2.16. The maximum absolute atomic E-state index is 5.93. The lowest BCUT2D eigenvalue weighted by Gasteiger charge is -2.13. The summed E-state index contributed by atoms with van der Waals surface area (Å²) in [7, 11) is 0. The van der Waals surface area contributed by atoms with Crippen molar-refractivity contribution in [2.24, 2.45) is 0 Å². The van der Waals surface area contributed by atoms with E-state index in [-0.39, 0.29) is 0 Å². The molecule has 0 amide bonds. The lowest BCUT2D eigenvalue weighted by atomic mass is 10.1. The van der Waals surface area contributed by atoms with Gasteiger partial charge in [0.25, 0.3) is 0 Å². The average molecular weight is 275 g/mol. The predicted octanol–water partition coefficient (Wildman–Crippen LogP) is 3.30. The summed E-state index contributed by atoms with van der Waals surface area (Å²) >= 11 is 1.31. The van der Waals surface area contributed by atoms with Gasteiger partial charge in [0.05, 0.1) is 6.10 Å². The molecule has 19 heavy (non-hydrogen) atoms. The van der Waals surface area contributed by atoms with Crippen LogP contribution in [0.3, 0.4) is 0 Å². The number of rotatable bonds is 3. The zero-order valence-corrected chi connectivity index (χ0v) is 11.5. The fourth-order valence-electron chi connectivity index (χ4n) is 2.45. The van der Waals surface area contributed by atoms with Crippen LogP contribution in [0.4, 0.5) is 10.1 Å². The molecule has 0 unspecified atom stereocenters. The summed E-state index contributed by atoms with van der Waals surface area (Å²) in [5, 5.41) is 1.15. The third-order valence-corrected chi connectivity index (χ3v) is 4.12. The summed E-state index contributed by atoms with van der Waals surface area (Å²) < 4.78 is 5.93. The van der Waals surface area contributed by atoms with E-state index in [0.29, 0.717) is 16.2 Å². The van der Waals surface area contributed by atoms with Crippen molar-refractivity contribution >= 4 is 21.5 Å². The Kier molecular flexibility index (Phi) is 3.29. The summed E-state index contributed by atoms with van der Waals surface area (Å²) in [6.07, 6.45) is 5.26. The quantitative estimate of drug-likeness (QED) is 0.901. The van der Waals surface area contributed by atoms with Gasteiger partial charge in [0.15, 0.2) is 5.13 Å². The number of aromatic nitrogens is 1. The molecule has 0 spiro atoms. The number of hydrogen-bond donors (Lipinski definition) is 2. The fourth-order valence-corrected chi connectivity index (χ4v) is 3.07. The Morgan fingerprint density at radius 2 is 1.79 bits per heavy atom. The van der Waals surface area contributed by atoms with Gasteiger partial charge in [-0.2, -0.15) is 0 Å². The molecule has 0 bridgehead atoms. The molecule has 1 aliphatic rings. The monoisotopic (exact) mass is 275 g/mol. The zero-order chi connectivity index (χ0) is 13.2. The van der Waals surface area contributed by atoms with Crippen molar-refractivity contribution in [3.63, 3.8) is 0 Å². The summed E-state index contributed by atoms with van der Waals surface area (Å²) in [5.74, 6) is 0.914. The average Bonchev–Trinajstić information content (AvgIpc) is 3.00. The van der Waals surface area contributed by atoms with Crippen LogP contribution in [0.5, 0.6) is 5.75 Å². The molecule has 0 atom stereocenters. The van der Waals surface area contributed by atoms with Crippen LogP contribution in [0, 0.1) is 0 Å². The van der Waals surface area contributed by atoms with E-state index in [1.165, 1.54) is 24.2 Å². The standard InChI is InChI=1S/C14H17N3OS/c15-13-12(17-14(16)19-13)9-5-7-11(8-6-9)18-10-3-1-2-4-10/h5-8,10H,1-4,15H2,(H2,16,17). The van der Waals surface area contributed by atoms with Gasteiger partial charge in [-0.25, -0.2) is 4.98 Å². The molecular weight excluding hydrogens is 258 g/mol. The smallest absolute Gasteiger partial charge is 0.182 e. The fraction of sp³-hybridized carbons (Fsp3) is 0.357. The molecule has 4 nitrogen and oxygen atoms in total. The number of benzene rings is 1. The number of nitrogens with zero attached hydrogens (tertiary/aromatic N) is 1. The van der Waals surface area contributed by atoms with Gasteiger partial charge in [-0.15, -0.1) is 0 Å². The molecule has 1 fully saturated rings. The van der Waals surface area contributed by atoms with E-state index in [1.807, 2.05) is 24.3 Å². The minimum Gasteiger partial charge on any atom is -0.490 e. The molecule has 0 saturated heterocycles. The van der Waals surface area contributed by atoms with Crippen molar-refractivity contribution in [2.75, 3.05) is 11.5 Å². The third kappa shape index (κ3) is 2.66. The Balaban J connectivity index is 1.76. The van der Waals surface area contributed by atoms with Crippen molar-refractivity contribution in [1.29, 1.82) is 0 Å². The van der Waals surface area contributed by atoms with Crippen LogP contribution in [0.1, 0.15) is 25.7 Å². The first kappa shape index (κ1) is 12.3. The largest absolute Gasteiger partial charge is 0.490 e. The molecule has 1 heterocycles. The van der Waals surface area contributed by atoms with E-state index in [2.05, 4.69) is 4.98 Å². The van der Waals surface area contributed by atoms with Crippen LogP contribution in [0.15, 0.2) is 24.3 Å².